The number of ether oxygens (including phenoxy) is 2. The van der Waals surface area contributed by atoms with E-state index in [1.54, 1.807) is 13.8 Å². The summed E-state index contributed by atoms with van der Waals surface area (Å²) in [4.78, 5) is 10.3. The van der Waals surface area contributed by atoms with Crippen molar-refractivity contribution in [3.05, 3.63) is 12.7 Å². The van der Waals surface area contributed by atoms with Crippen molar-refractivity contribution < 1.29 is 24.5 Å². The standard InChI is InChI=1S/C6H10O2.C4H10O3/c1-4-6(7)8-5(2)3;5-1-3-7-4-2-6/h4-5H,1H2,2-3H3;5-6H,1-4H2. The summed E-state index contributed by atoms with van der Waals surface area (Å²) in [5, 5.41) is 16.2. The molecular weight excluding hydrogens is 200 g/mol. The Morgan fingerprint density at radius 3 is 2.00 bits per heavy atom. The highest BCUT2D eigenvalue weighted by atomic mass is 16.5. The van der Waals surface area contributed by atoms with Gasteiger partial charge in [0.2, 0.25) is 0 Å². The Bertz CT molecular complexity index is 152. The van der Waals surface area contributed by atoms with Crippen molar-refractivity contribution in [2.75, 3.05) is 26.4 Å². The van der Waals surface area contributed by atoms with Crippen LogP contribution in [0.1, 0.15) is 13.8 Å². The lowest BCUT2D eigenvalue weighted by Crippen LogP contribution is -2.07. The highest BCUT2D eigenvalue weighted by molar-refractivity contribution is 5.81. The van der Waals surface area contributed by atoms with E-state index in [1.165, 1.54) is 0 Å². The zero-order chi connectivity index (χ0) is 12.1. The molecular formula is C10H20O5. The number of esters is 1. The Kier molecular flexibility index (Phi) is 14.4. The molecule has 0 aliphatic rings. The highest BCUT2D eigenvalue weighted by Gasteiger charge is 1.96. The molecule has 90 valence electrons. The average Bonchev–Trinajstić information content (AvgIpc) is 2.18. The maximum Gasteiger partial charge on any atom is 0.330 e. The first-order valence-electron chi connectivity index (χ1n) is 4.71. The van der Waals surface area contributed by atoms with Crippen molar-refractivity contribution in [1.29, 1.82) is 0 Å². The van der Waals surface area contributed by atoms with E-state index in [-0.39, 0.29) is 25.3 Å². The molecule has 0 unspecified atom stereocenters. The summed E-state index contributed by atoms with van der Waals surface area (Å²) >= 11 is 0. The maximum atomic E-state index is 10.3. The van der Waals surface area contributed by atoms with Gasteiger partial charge in [-0.1, -0.05) is 6.58 Å². The van der Waals surface area contributed by atoms with Gasteiger partial charge in [-0.3, -0.25) is 0 Å². The van der Waals surface area contributed by atoms with Gasteiger partial charge in [0.05, 0.1) is 32.5 Å². The van der Waals surface area contributed by atoms with Crippen LogP contribution in [0.4, 0.5) is 0 Å². The molecule has 0 heterocycles. The van der Waals surface area contributed by atoms with Gasteiger partial charge in [-0.15, -0.1) is 0 Å². The lowest BCUT2D eigenvalue weighted by Gasteiger charge is -2.02. The molecule has 0 atom stereocenters. The van der Waals surface area contributed by atoms with Crippen LogP contribution in [0, 0.1) is 0 Å². The minimum atomic E-state index is -0.361. The lowest BCUT2D eigenvalue weighted by molar-refractivity contribution is -0.141. The van der Waals surface area contributed by atoms with Gasteiger partial charge in [0, 0.05) is 6.08 Å². The molecule has 2 N–H and O–H groups in total. The summed E-state index contributed by atoms with van der Waals surface area (Å²) in [5.74, 6) is -0.361. The maximum absolute atomic E-state index is 10.3. The van der Waals surface area contributed by atoms with Crippen LogP contribution in [0.2, 0.25) is 0 Å². The summed E-state index contributed by atoms with van der Waals surface area (Å²) in [6.07, 6.45) is 1.11. The van der Waals surface area contributed by atoms with Crippen LogP contribution in [-0.2, 0) is 14.3 Å². The second-order valence-corrected chi connectivity index (χ2v) is 2.75. The molecule has 0 aromatic heterocycles. The van der Waals surface area contributed by atoms with E-state index < -0.39 is 0 Å². The van der Waals surface area contributed by atoms with E-state index in [1.807, 2.05) is 0 Å². The van der Waals surface area contributed by atoms with Crippen LogP contribution in [0.3, 0.4) is 0 Å². The molecule has 5 nitrogen and oxygen atoms in total. The molecule has 0 saturated carbocycles. The molecule has 0 bridgehead atoms. The van der Waals surface area contributed by atoms with Crippen molar-refractivity contribution in [2.24, 2.45) is 0 Å². The number of carbonyl (C=O) groups excluding carboxylic acids is 1. The van der Waals surface area contributed by atoms with Crippen LogP contribution in [0.5, 0.6) is 0 Å². The topological polar surface area (TPSA) is 76.0 Å². The van der Waals surface area contributed by atoms with Gasteiger partial charge in [-0.25, -0.2) is 4.79 Å². The third kappa shape index (κ3) is 19.5. The van der Waals surface area contributed by atoms with Crippen LogP contribution in [0.25, 0.3) is 0 Å². The second kappa shape index (κ2) is 13.1. The van der Waals surface area contributed by atoms with Crippen LogP contribution >= 0.6 is 0 Å². The average molecular weight is 220 g/mol. The lowest BCUT2D eigenvalue weighted by atomic mass is 10.5. The van der Waals surface area contributed by atoms with Crippen molar-refractivity contribution in [2.45, 2.75) is 20.0 Å². The number of aliphatic hydroxyl groups is 2. The normalized spacial score (nSPS) is 9.13. The van der Waals surface area contributed by atoms with Gasteiger partial charge in [0.1, 0.15) is 0 Å². The van der Waals surface area contributed by atoms with Crippen LogP contribution < -0.4 is 0 Å². The van der Waals surface area contributed by atoms with Crippen molar-refractivity contribution in [3.63, 3.8) is 0 Å². The minimum Gasteiger partial charge on any atom is -0.460 e. The Hall–Kier alpha value is -0.910. The van der Waals surface area contributed by atoms with E-state index in [0.29, 0.717) is 13.2 Å². The molecule has 0 fully saturated rings. The Balaban J connectivity index is 0. The smallest absolute Gasteiger partial charge is 0.330 e. The fraction of sp³-hybridized carbons (Fsp3) is 0.700. The number of hydrogen-bond donors (Lipinski definition) is 2. The molecule has 0 aromatic carbocycles. The molecule has 0 saturated heterocycles. The SMILES string of the molecule is C=CC(=O)OC(C)C.OCCOCCO. The van der Waals surface area contributed by atoms with E-state index in [4.69, 9.17) is 10.2 Å². The summed E-state index contributed by atoms with van der Waals surface area (Å²) in [6, 6.07) is 0. The molecule has 0 amide bonds. The Labute approximate surface area is 90.3 Å². The molecule has 0 aliphatic heterocycles. The van der Waals surface area contributed by atoms with Crippen molar-refractivity contribution in [1.82, 2.24) is 0 Å². The zero-order valence-electron chi connectivity index (χ0n) is 9.31. The Morgan fingerprint density at radius 2 is 1.80 bits per heavy atom. The third-order valence-corrected chi connectivity index (χ3v) is 0.990. The predicted molar refractivity (Wildman–Crippen MR) is 56.4 cm³/mol. The summed E-state index contributed by atoms with van der Waals surface area (Å²) in [6.45, 7) is 7.52. The van der Waals surface area contributed by atoms with Gasteiger partial charge in [-0.2, -0.15) is 0 Å². The predicted octanol–water partition coefficient (Wildman–Crippen LogP) is 0.112. The second-order valence-electron chi connectivity index (χ2n) is 2.75. The molecule has 5 heteroatoms. The summed E-state index contributed by atoms with van der Waals surface area (Å²) in [5.41, 5.74) is 0. The quantitative estimate of drug-likeness (QED) is 0.377. The van der Waals surface area contributed by atoms with E-state index in [0.717, 1.165) is 6.08 Å². The van der Waals surface area contributed by atoms with Gasteiger partial charge >= 0.3 is 5.97 Å². The zero-order valence-corrected chi connectivity index (χ0v) is 9.31. The van der Waals surface area contributed by atoms with E-state index >= 15 is 0 Å². The molecule has 0 aliphatic carbocycles. The van der Waals surface area contributed by atoms with E-state index in [2.05, 4.69) is 16.1 Å². The fourth-order valence-electron chi connectivity index (χ4n) is 0.512. The van der Waals surface area contributed by atoms with Gasteiger partial charge in [0.25, 0.3) is 0 Å². The van der Waals surface area contributed by atoms with Crippen LogP contribution in [0.15, 0.2) is 12.7 Å². The molecule has 0 aromatic rings. The van der Waals surface area contributed by atoms with Crippen molar-refractivity contribution in [3.8, 4) is 0 Å². The summed E-state index contributed by atoms with van der Waals surface area (Å²) < 4.78 is 9.27. The Morgan fingerprint density at radius 1 is 1.33 bits per heavy atom. The minimum absolute atomic E-state index is 0.0278. The number of aliphatic hydroxyl groups excluding tert-OH is 2. The fourth-order valence-corrected chi connectivity index (χ4v) is 0.512. The molecule has 15 heavy (non-hydrogen) atoms. The van der Waals surface area contributed by atoms with Gasteiger partial charge in [-0.05, 0) is 13.8 Å². The van der Waals surface area contributed by atoms with Crippen LogP contribution in [-0.4, -0.2) is 48.7 Å². The third-order valence-electron chi connectivity index (χ3n) is 0.990. The first kappa shape index (κ1) is 16.5. The first-order chi connectivity index (χ1) is 7.08. The molecule has 0 radical (unpaired) electrons. The number of rotatable bonds is 6. The first-order valence-corrected chi connectivity index (χ1v) is 4.71. The van der Waals surface area contributed by atoms with Gasteiger partial charge < -0.3 is 19.7 Å². The molecule has 0 spiro atoms. The monoisotopic (exact) mass is 220 g/mol. The summed E-state index contributed by atoms with van der Waals surface area (Å²) in [7, 11) is 0. The number of hydrogen-bond acceptors (Lipinski definition) is 5. The largest absolute Gasteiger partial charge is 0.460 e. The van der Waals surface area contributed by atoms with E-state index in [9.17, 15) is 4.79 Å². The van der Waals surface area contributed by atoms with Gasteiger partial charge in [0.15, 0.2) is 0 Å². The number of carbonyl (C=O) groups is 1. The van der Waals surface area contributed by atoms with Crippen molar-refractivity contribution >= 4 is 5.97 Å². The molecule has 0 rings (SSSR count). The highest BCUT2D eigenvalue weighted by Crippen LogP contribution is 1.87.